The summed E-state index contributed by atoms with van der Waals surface area (Å²) in [5.41, 5.74) is 0.841. The number of thiocarbonyl (C=S) groups is 1. The predicted molar refractivity (Wildman–Crippen MR) is 79.8 cm³/mol. The lowest BCUT2D eigenvalue weighted by molar-refractivity contribution is 0.0692. The molecule has 1 aromatic carbocycles. The van der Waals surface area contributed by atoms with Crippen molar-refractivity contribution in [1.82, 2.24) is 4.90 Å². The van der Waals surface area contributed by atoms with Gasteiger partial charge in [-0.2, -0.15) is 0 Å². The molecule has 0 spiro atoms. The Kier molecular flexibility index (Phi) is 4.84. The average Bonchev–Trinajstić information content (AvgIpc) is 2.38. The third kappa shape index (κ3) is 2.96. The van der Waals surface area contributed by atoms with Crippen molar-refractivity contribution < 1.29 is 9.47 Å². The zero-order chi connectivity index (χ0) is 13.1. The highest BCUT2D eigenvalue weighted by Crippen LogP contribution is 2.33. The van der Waals surface area contributed by atoms with E-state index in [1.807, 2.05) is 6.07 Å². The van der Waals surface area contributed by atoms with E-state index in [9.17, 15) is 0 Å². The van der Waals surface area contributed by atoms with E-state index in [1.54, 1.807) is 13.2 Å². The SMILES string of the molecule is COc1c(Br)cc(Cl)cc1C(=S)N1CCOCC1. The lowest BCUT2D eigenvalue weighted by Gasteiger charge is -2.30. The summed E-state index contributed by atoms with van der Waals surface area (Å²) in [6, 6.07) is 3.63. The molecule has 1 aliphatic heterocycles. The van der Waals surface area contributed by atoms with E-state index >= 15 is 0 Å². The van der Waals surface area contributed by atoms with E-state index in [-0.39, 0.29) is 0 Å². The molecule has 0 unspecified atom stereocenters. The normalized spacial score (nSPS) is 15.6. The van der Waals surface area contributed by atoms with Gasteiger partial charge >= 0.3 is 0 Å². The van der Waals surface area contributed by atoms with Crippen LogP contribution in [-0.4, -0.2) is 43.3 Å². The highest BCUT2D eigenvalue weighted by atomic mass is 79.9. The van der Waals surface area contributed by atoms with Crippen molar-refractivity contribution in [3.63, 3.8) is 0 Å². The van der Waals surface area contributed by atoms with Crippen molar-refractivity contribution in [2.75, 3.05) is 33.4 Å². The summed E-state index contributed by atoms with van der Waals surface area (Å²) in [5, 5.41) is 0.633. The van der Waals surface area contributed by atoms with Gasteiger partial charge in [0.15, 0.2) is 0 Å². The number of hydrogen-bond acceptors (Lipinski definition) is 3. The molecule has 1 heterocycles. The molecule has 0 amide bonds. The minimum Gasteiger partial charge on any atom is -0.495 e. The molecule has 0 bridgehead atoms. The van der Waals surface area contributed by atoms with Gasteiger partial charge < -0.3 is 14.4 Å². The van der Waals surface area contributed by atoms with E-state index in [0.717, 1.165) is 33.9 Å². The van der Waals surface area contributed by atoms with Crippen LogP contribution >= 0.6 is 39.7 Å². The van der Waals surface area contributed by atoms with Gasteiger partial charge in [0.1, 0.15) is 10.7 Å². The highest BCUT2D eigenvalue weighted by molar-refractivity contribution is 9.10. The minimum atomic E-state index is 0.633. The van der Waals surface area contributed by atoms with Gasteiger partial charge in [-0.05, 0) is 28.1 Å². The summed E-state index contributed by atoms with van der Waals surface area (Å²) in [4.78, 5) is 2.86. The van der Waals surface area contributed by atoms with Crippen LogP contribution in [0.25, 0.3) is 0 Å². The first kappa shape index (κ1) is 14.1. The topological polar surface area (TPSA) is 21.7 Å². The Morgan fingerprint density at radius 2 is 2.11 bits per heavy atom. The first-order valence-corrected chi connectivity index (χ1v) is 7.11. The molecule has 6 heteroatoms. The molecule has 0 aromatic heterocycles. The maximum atomic E-state index is 6.07. The molecule has 1 fully saturated rings. The zero-order valence-electron chi connectivity index (χ0n) is 9.91. The smallest absolute Gasteiger partial charge is 0.143 e. The number of ether oxygens (including phenoxy) is 2. The third-order valence-corrected chi connectivity index (χ3v) is 4.03. The molecule has 1 saturated heterocycles. The summed E-state index contributed by atoms with van der Waals surface area (Å²) in [6.07, 6.45) is 0. The van der Waals surface area contributed by atoms with Gasteiger partial charge in [0.2, 0.25) is 0 Å². The van der Waals surface area contributed by atoms with Crippen LogP contribution < -0.4 is 4.74 Å². The zero-order valence-corrected chi connectivity index (χ0v) is 13.1. The van der Waals surface area contributed by atoms with E-state index in [4.69, 9.17) is 33.3 Å². The fourth-order valence-electron chi connectivity index (χ4n) is 1.86. The van der Waals surface area contributed by atoms with E-state index < -0.39 is 0 Å². The summed E-state index contributed by atoms with van der Waals surface area (Å²) in [6.45, 7) is 2.99. The Balaban J connectivity index is 2.33. The maximum absolute atomic E-state index is 6.07. The third-order valence-electron chi connectivity index (χ3n) is 2.74. The fraction of sp³-hybridized carbons (Fsp3) is 0.417. The number of hydrogen-bond donors (Lipinski definition) is 0. The minimum absolute atomic E-state index is 0.633. The van der Waals surface area contributed by atoms with Gasteiger partial charge in [-0.3, -0.25) is 0 Å². The second kappa shape index (κ2) is 6.19. The lowest BCUT2D eigenvalue weighted by Crippen LogP contribution is -2.40. The first-order valence-electron chi connectivity index (χ1n) is 5.53. The second-order valence-electron chi connectivity index (χ2n) is 3.87. The van der Waals surface area contributed by atoms with Crippen LogP contribution in [0.5, 0.6) is 5.75 Å². The maximum Gasteiger partial charge on any atom is 0.143 e. The second-order valence-corrected chi connectivity index (χ2v) is 5.55. The number of morpholine rings is 1. The monoisotopic (exact) mass is 349 g/mol. The Morgan fingerprint density at radius 3 is 2.72 bits per heavy atom. The average molecular weight is 351 g/mol. The summed E-state index contributed by atoms with van der Waals surface area (Å²) < 4.78 is 11.5. The van der Waals surface area contributed by atoms with Crippen molar-refractivity contribution in [2.45, 2.75) is 0 Å². The summed E-state index contributed by atoms with van der Waals surface area (Å²) in [5.74, 6) is 0.718. The van der Waals surface area contributed by atoms with Crippen LogP contribution in [0.15, 0.2) is 16.6 Å². The number of benzene rings is 1. The van der Waals surface area contributed by atoms with Crippen LogP contribution in [0.2, 0.25) is 5.02 Å². The van der Waals surface area contributed by atoms with Crippen LogP contribution in [0.4, 0.5) is 0 Å². The molecule has 1 aliphatic rings. The molecule has 3 nitrogen and oxygen atoms in total. The van der Waals surface area contributed by atoms with Crippen LogP contribution in [0.3, 0.4) is 0 Å². The Hall–Kier alpha value is -0.360. The number of halogens is 2. The molecule has 18 heavy (non-hydrogen) atoms. The Bertz CT molecular complexity index is 464. The molecule has 98 valence electrons. The molecule has 0 aliphatic carbocycles. The van der Waals surface area contributed by atoms with Crippen LogP contribution in [-0.2, 0) is 4.74 Å². The van der Waals surface area contributed by atoms with Gasteiger partial charge in [-0.15, -0.1) is 0 Å². The van der Waals surface area contributed by atoms with Crippen LogP contribution in [0.1, 0.15) is 5.56 Å². The van der Waals surface area contributed by atoms with Gasteiger partial charge in [0.25, 0.3) is 0 Å². The molecule has 0 N–H and O–H groups in total. The van der Waals surface area contributed by atoms with Crippen molar-refractivity contribution >= 4 is 44.7 Å². The molecular weight excluding hydrogens is 338 g/mol. The first-order chi connectivity index (χ1) is 8.63. The standard InChI is InChI=1S/C12H13BrClNO2S/c1-16-11-9(6-8(14)7-10(11)13)12(18)15-2-4-17-5-3-15/h6-7H,2-5H2,1H3. The van der Waals surface area contributed by atoms with Gasteiger partial charge in [-0.1, -0.05) is 23.8 Å². The fourth-order valence-corrected chi connectivity index (χ4v) is 3.17. The quantitative estimate of drug-likeness (QED) is 0.764. The number of rotatable bonds is 2. The molecular formula is C12H13BrClNO2S. The van der Waals surface area contributed by atoms with Crippen molar-refractivity contribution in [3.8, 4) is 5.75 Å². The summed E-state index contributed by atoms with van der Waals surface area (Å²) in [7, 11) is 1.62. The van der Waals surface area contributed by atoms with Gasteiger partial charge in [0.05, 0.1) is 30.4 Å². The molecule has 1 aromatic rings. The van der Waals surface area contributed by atoms with Gasteiger partial charge in [0, 0.05) is 18.1 Å². The van der Waals surface area contributed by atoms with E-state index in [1.165, 1.54) is 0 Å². The predicted octanol–water partition coefficient (Wildman–Crippen LogP) is 3.12. The largest absolute Gasteiger partial charge is 0.495 e. The summed E-state index contributed by atoms with van der Waals surface area (Å²) >= 11 is 15.0. The van der Waals surface area contributed by atoms with Gasteiger partial charge in [-0.25, -0.2) is 0 Å². The molecule has 2 rings (SSSR count). The van der Waals surface area contributed by atoms with Crippen LogP contribution in [0, 0.1) is 0 Å². The lowest BCUT2D eigenvalue weighted by atomic mass is 10.1. The van der Waals surface area contributed by atoms with E-state index in [0.29, 0.717) is 18.2 Å². The Morgan fingerprint density at radius 1 is 1.44 bits per heavy atom. The number of methoxy groups -OCH3 is 1. The number of nitrogens with zero attached hydrogens (tertiary/aromatic N) is 1. The molecule has 0 saturated carbocycles. The van der Waals surface area contributed by atoms with Crippen molar-refractivity contribution in [1.29, 1.82) is 0 Å². The molecule has 0 atom stereocenters. The van der Waals surface area contributed by atoms with E-state index in [2.05, 4.69) is 20.8 Å². The highest BCUT2D eigenvalue weighted by Gasteiger charge is 2.20. The van der Waals surface area contributed by atoms with Crippen molar-refractivity contribution in [2.24, 2.45) is 0 Å². The Labute approximate surface area is 125 Å². The molecule has 0 radical (unpaired) electrons. The van der Waals surface area contributed by atoms with Crippen molar-refractivity contribution in [3.05, 3.63) is 27.2 Å².